The number of hydrogen-bond acceptors (Lipinski definition) is 6. The maximum absolute atomic E-state index is 13.5. The molecule has 0 unspecified atom stereocenters. The predicted molar refractivity (Wildman–Crippen MR) is 138 cm³/mol. The highest BCUT2D eigenvalue weighted by Gasteiger charge is 2.28. The SMILES string of the molecule is COc1cc(CCC(=O)Nc2sc(-c3ccccc3)c(C)c2C(=O)N2CCOCC2)cc(OC)c1. The fourth-order valence-corrected chi connectivity index (χ4v) is 5.33. The smallest absolute Gasteiger partial charge is 0.257 e. The molecule has 1 N–H and O–H groups in total. The number of nitrogens with one attached hydrogen (secondary N) is 1. The molecular weight excluding hydrogens is 464 g/mol. The Morgan fingerprint density at radius 1 is 1.03 bits per heavy atom. The number of carbonyl (C=O) groups is 2. The molecule has 3 aromatic rings. The summed E-state index contributed by atoms with van der Waals surface area (Å²) in [6.45, 7) is 4.07. The molecule has 0 bridgehead atoms. The minimum Gasteiger partial charge on any atom is -0.497 e. The van der Waals surface area contributed by atoms with E-state index in [1.54, 1.807) is 25.2 Å². The number of ether oxygens (including phenoxy) is 3. The first kappa shape index (κ1) is 24.8. The van der Waals surface area contributed by atoms with Crippen LogP contribution in [0, 0.1) is 6.92 Å². The van der Waals surface area contributed by atoms with E-state index in [1.165, 1.54) is 11.3 Å². The van der Waals surface area contributed by atoms with Gasteiger partial charge in [-0.3, -0.25) is 9.59 Å². The molecule has 2 heterocycles. The van der Waals surface area contributed by atoms with Crippen molar-refractivity contribution in [2.75, 3.05) is 45.8 Å². The number of amides is 2. The summed E-state index contributed by atoms with van der Waals surface area (Å²) < 4.78 is 16.1. The number of thiophene rings is 1. The molecule has 1 aromatic heterocycles. The van der Waals surface area contributed by atoms with Crippen molar-refractivity contribution in [3.63, 3.8) is 0 Å². The van der Waals surface area contributed by atoms with Gasteiger partial charge in [0.15, 0.2) is 0 Å². The monoisotopic (exact) mass is 494 g/mol. The number of hydrogen-bond donors (Lipinski definition) is 1. The lowest BCUT2D eigenvalue weighted by Crippen LogP contribution is -2.41. The summed E-state index contributed by atoms with van der Waals surface area (Å²) in [6.07, 6.45) is 0.779. The maximum Gasteiger partial charge on any atom is 0.257 e. The van der Waals surface area contributed by atoms with Crippen LogP contribution in [0.3, 0.4) is 0 Å². The van der Waals surface area contributed by atoms with Crippen LogP contribution in [-0.4, -0.2) is 57.2 Å². The minimum absolute atomic E-state index is 0.0722. The maximum atomic E-state index is 13.5. The summed E-state index contributed by atoms with van der Waals surface area (Å²) in [5.74, 6) is 1.14. The molecule has 7 nitrogen and oxygen atoms in total. The second-order valence-electron chi connectivity index (χ2n) is 8.30. The molecule has 8 heteroatoms. The van der Waals surface area contributed by atoms with Gasteiger partial charge in [-0.1, -0.05) is 30.3 Å². The van der Waals surface area contributed by atoms with Crippen molar-refractivity contribution in [2.45, 2.75) is 19.8 Å². The summed E-state index contributed by atoms with van der Waals surface area (Å²) in [5, 5.41) is 3.62. The van der Waals surface area contributed by atoms with Gasteiger partial charge in [0.1, 0.15) is 16.5 Å². The van der Waals surface area contributed by atoms with Crippen LogP contribution in [0.2, 0.25) is 0 Å². The van der Waals surface area contributed by atoms with E-state index in [2.05, 4.69) is 5.32 Å². The second kappa shape index (κ2) is 11.4. The molecule has 1 aliphatic rings. The molecule has 184 valence electrons. The molecular formula is C27H30N2O5S. The van der Waals surface area contributed by atoms with Crippen LogP contribution in [-0.2, 0) is 16.0 Å². The molecule has 35 heavy (non-hydrogen) atoms. The van der Waals surface area contributed by atoms with Gasteiger partial charge in [0, 0.05) is 30.5 Å². The molecule has 0 aliphatic carbocycles. The van der Waals surface area contributed by atoms with E-state index in [0.29, 0.717) is 54.8 Å². The van der Waals surface area contributed by atoms with Crippen LogP contribution in [0.15, 0.2) is 48.5 Å². The Kier molecular flexibility index (Phi) is 8.05. The number of anilines is 1. The van der Waals surface area contributed by atoms with Crippen molar-refractivity contribution in [3.05, 3.63) is 65.2 Å². The number of morpholine rings is 1. The average Bonchev–Trinajstić information content (AvgIpc) is 3.22. The molecule has 0 atom stereocenters. The van der Waals surface area contributed by atoms with Crippen LogP contribution < -0.4 is 14.8 Å². The molecule has 4 rings (SSSR count). The third-order valence-corrected chi connectivity index (χ3v) is 7.26. The Bertz CT molecular complexity index is 1160. The van der Waals surface area contributed by atoms with Crippen molar-refractivity contribution in [2.24, 2.45) is 0 Å². The van der Waals surface area contributed by atoms with Crippen molar-refractivity contribution >= 4 is 28.2 Å². The Labute approximate surface area is 209 Å². The zero-order chi connectivity index (χ0) is 24.8. The fourth-order valence-electron chi connectivity index (χ4n) is 4.11. The summed E-state index contributed by atoms with van der Waals surface area (Å²) in [6, 6.07) is 15.5. The topological polar surface area (TPSA) is 77.1 Å². The van der Waals surface area contributed by atoms with Crippen molar-refractivity contribution < 1.29 is 23.8 Å². The van der Waals surface area contributed by atoms with E-state index in [0.717, 1.165) is 21.6 Å². The van der Waals surface area contributed by atoms with Crippen LogP contribution >= 0.6 is 11.3 Å². The van der Waals surface area contributed by atoms with E-state index in [1.807, 2.05) is 49.4 Å². The van der Waals surface area contributed by atoms with Gasteiger partial charge in [-0.25, -0.2) is 0 Å². The molecule has 1 fully saturated rings. The first-order valence-electron chi connectivity index (χ1n) is 11.6. The summed E-state index contributed by atoms with van der Waals surface area (Å²) >= 11 is 1.44. The quantitative estimate of drug-likeness (QED) is 0.488. The van der Waals surface area contributed by atoms with Gasteiger partial charge >= 0.3 is 0 Å². The standard InChI is InChI=1S/C27H30N2O5S/c1-18-24(27(31)29-11-13-34-14-12-29)26(35-25(18)20-7-5-4-6-8-20)28-23(30)10-9-19-15-21(32-2)17-22(16-19)33-3/h4-8,15-17H,9-14H2,1-3H3,(H,28,30). The number of nitrogens with zero attached hydrogens (tertiary/aromatic N) is 1. The Hall–Kier alpha value is -3.36. The second-order valence-corrected chi connectivity index (χ2v) is 9.32. The number of aryl methyl sites for hydroxylation is 1. The summed E-state index contributed by atoms with van der Waals surface area (Å²) in [4.78, 5) is 29.3. The average molecular weight is 495 g/mol. The lowest BCUT2D eigenvalue weighted by Gasteiger charge is -2.27. The Balaban J connectivity index is 1.57. The van der Waals surface area contributed by atoms with Crippen molar-refractivity contribution in [1.29, 1.82) is 0 Å². The van der Waals surface area contributed by atoms with E-state index in [9.17, 15) is 9.59 Å². The third kappa shape index (κ3) is 5.83. The Morgan fingerprint density at radius 3 is 2.31 bits per heavy atom. The van der Waals surface area contributed by atoms with Crippen LogP contribution in [0.5, 0.6) is 11.5 Å². The first-order valence-corrected chi connectivity index (χ1v) is 12.4. The van der Waals surface area contributed by atoms with Crippen molar-refractivity contribution in [1.82, 2.24) is 4.90 Å². The van der Waals surface area contributed by atoms with E-state index < -0.39 is 0 Å². The fraction of sp³-hybridized carbons (Fsp3) is 0.333. The Morgan fingerprint density at radius 2 is 1.69 bits per heavy atom. The van der Waals surface area contributed by atoms with Crippen molar-refractivity contribution in [3.8, 4) is 21.9 Å². The van der Waals surface area contributed by atoms with E-state index >= 15 is 0 Å². The predicted octanol–water partition coefficient (Wildman–Crippen LogP) is 4.78. The molecule has 1 saturated heterocycles. The van der Waals surface area contributed by atoms with Gasteiger partial charge in [-0.2, -0.15) is 0 Å². The third-order valence-electron chi connectivity index (χ3n) is 6.00. The van der Waals surface area contributed by atoms with Gasteiger partial charge in [0.25, 0.3) is 5.91 Å². The number of benzene rings is 2. The van der Waals surface area contributed by atoms with Crippen LogP contribution in [0.25, 0.3) is 10.4 Å². The molecule has 0 radical (unpaired) electrons. The van der Waals surface area contributed by atoms with Gasteiger partial charge in [-0.15, -0.1) is 11.3 Å². The van der Waals surface area contributed by atoms with Gasteiger partial charge in [0.05, 0.1) is 33.0 Å². The summed E-state index contributed by atoms with van der Waals surface area (Å²) in [5.41, 5.74) is 3.40. The van der Waals surface area contributed by atoms with Gasteiger partial charge in [0.2, 0.25) is 5.91 Å². The molecule has 2 amide bonds. The molecule has 0 spiro atoms. The highest BCUT2D eigenvalue weighted by atomic mass is 32.1. The normalized spacial score (nSPS) is 13.4. The van der Waals surface area contributed by atoms with Crippen LogP contribution in [0.1, 0.15) is 27.9 Å². The van der Waals surface area contributed by atoms with Crippen LogP contribution in [0.4, 0.5) is 5.00 Å². The minimum atomic E-state index is -0.149. The van der Waals surface area contributed by atoms with E-state index in [4.69, 9.17) is 14.2 Å². The zero-order valence-electron chi connectivity index (χ0n) is 20.3. The van der Waals surface area contributed by atoms with Gasteiger partial charge < -0.3 is 24.4 Å². The largest absolute Gasteiger partial charge is 0.497 e. The molecule has 1 aliphatic heterocycles. The van der Waals surface area contributed by atoms with E-state index in [-0.39, 0.29) is 18.2 Å². The first-order chi connectivity index (χ1) is 17.0. The number of carbonyl (C=O) groups excluding carboxylic acids is 2. The highest BCUT2D eigenvalue weighted by Crippen LogP contribution is 2.40. The molecule has 2 aromatic carbocycles. The molecule has 0 saturated carbocycles. The number of methoxy groups -OCH3 is 2. The number of rotatable bonds is 8. The van der Waals surface area contributed by atoms with Gasteiger partial charge in [-0.05, 0) is 42.2 Å². The lowest BCUT2D eigenvalue weighted by atomic mass is 10.1. The lowest BCUT2D eigenvalue weighted by molar-refractivity contribution is -0.116. The zero-order valence-corrected chi connectivity index (χ0v) is 21.1. The summed E-state index contributed by atoms with van der Waals surface area (Å²) in [7, 11) is 3.20. The highest BCUT2D eigenvalue weighted by molar-refractivity contribution is 7.20.